The predicted molar refractivity (Wildman–Crippen MR) is 167 cm³/mol. The summed E-state index contributed by atoms with van der Waals surface area (Å²) in [4.78, 5) is 31.3. The molecular weight excluding hydrogens is 520 g/mol. The van der Waals surface area contributed by atoms with E-state index in [1.54, 1.807) is 22.7 Å². The molecule has 0 amide bonds. The highest BCUT2D eigenvalue weighted by molar-refractivity contribution is 5.86. The highest BCUT2D eigenvalue weighted by Gasteiger charge is 2.69. The minimum absolute atomic E-state index is 0.00540. The molecule has 5 aliphatic rings. The molecule has 5 aliphatic carbocycles. The van der Waals surface area contributed by atoms with Gasteiger partial charge in [-0.2, -0.15) is 0 Å². The van der Waals surface area contributed by atoms with Crippen LogP contribution >= 0.6 is 0 Å². The van der Waals surface area contributed by atoms with Gasteiger partial charge in [0.1, 0.15) is 12.4 Å². The van der Waals surface area contributed by atoms with E-state index >= 15 is 0 Å². The number of allylic oxidation sites excluding steroid dienone is 2. The lowest BCUT2D eigenvalue weighted by molar-refractivity contribution is -0.213. The van der Waals surface area contributed by atoms with Gasteiger partial charge in [-0.05, 0) is 104 Å². The molecular formula is C37H56N2O3. The van der Waals surface area contributed by atoms with E-state index in [9.17, 15) is 9.59 Å². The molecule has 0 radical (unpaired) electrons. The third-order valence-corrected chi connectivity index (χ3v) is 14.8. The zero-order valence-corrected chi connectivity index (χ0v) is 27.8. The van der Waals surface area contributed by atoms with E-state index in [2.05, 4.69) is 59.5 Å². The van der Waals surface area contributed by atoms with Gasteiger partial charge in [-0.15, -0.1) is 0 Å². The van der Waals surface area contributed by atoms with Crippen LogP contribution in [-0.4, -0.2) is 27.5 Å². The van der Waals surface area contributed by atoms with Crippen LogP contribution in [0.2, 0.25) is 0 Å². The molecule has 232 valence electrons. The van der Waals surface area contributed by atoms with Gasteiger partial charge in [0.05, 0.1) is 11.3 Å². The normalized spacial score (nSPS) is 46.0. The summed E-state index contributed by atoms with van der Waals surface area (Å²) in [5.41, 5.74) is 1.71. The molecule has 0 saturated heterocycles. The van der Waals surface area contributed by atoms with Crippen molar-refractivity contribution in [3.05, 3.63) is 30.4 Å². The zero-order valence-electron chi connectivity index (χ0n) is 27.8. The first-order valence-corrected chi connectivity index (χ1v) is 17.1. The van der Waals surface area contributed by atoms with Crippen LogP contribution in [0.15, 0.2) is 30.4 Å². The van der Waals surface area contributed by atoms with Crippen LogP contribution in [-0.2, 0) is 9.53 Å². The Morgan fingerprint density at radius 1 is 0.952 bits per heavy atom. The number of ether oxygens (including phenoxy) is 1. The maximum Gasteiger partial charge on any atom is 0.308 e. The number of fused-ring (bicyclic) bond motifs is 7. The number of esters is 1. The smallest absolute Gasteiger partial charge is 0.308 e. The van der Waals surface area contributed by atoms with Crippen molar-refractivity contribution in [2.75, 3.05) is 0 Å². The van der Waals surface area contributed by atoms with Crippen LogP contribution in [0.5, 0.6) is 0 Å². The van der Waals surface area contributed by atoms with E-state index in [0.29, 0.717) is 29.6 Å². The van der Waals surface area contributed by atoms with Crippen molar-refractivity contribution in [1.29, 1.82) is 0 Å². The van der Waals surface area contributed by atoms with Crippen LogP contribution in [0.1, 0.15) is 125 Å². The summed E-state index contributed by atoms with van der Waals surface area (Å²) in [5.74, 6) is 2.63. The van der Waals surface area contributed by atoms with E-state index in [4.69, 9.17) is 4.74 Å². The van der Waals surface area contributed by atoms with Crippen molar-refractivity contribution in [2.24, 2.45) is 62.6 Å². The lowest BCUT2D eigenvalue weighted by Gasteiger charge is -2.71. The van der Waals surface area contributed by atoms with Crippen LogP contribution in [0.25, 0.3) is 0 Å². The number of hydrogen-bond acceptors (Lipinski definition) is 4. The Morgan fingerprint density at radius 2 is 1.69 bits per heavy atom. The van der Waals surface area contributed by atoms with Gasteiger partial charge >= 0.3 is 5.97 Å². The van der Waals surface area contributed by atoms with Gasteiger partial charge in [0.25, 0.3) is 0 Å². The summed E-state index contributed by atoms with van der Waals surface area (Å²) in [6, 6.07) is 0. The predicted octanol–water partition coefficient (Wildman–Crippen LogP) is 8.75. The Balaban J connectivity index is 1.38. The van der Waals surface area contributed by atoms with Gasteiger partial charge in [-0.25, -0.2) is 4.98 Å². The monoisotopic (exact) mass is 576 g/mol. The summed E-state index contributed by atoms with van der Waals surface area (Å²) in [5, 5.41) is 0. The number of aromatic nitrogens is 2. The van der Waals surface area contributed by atoms with Crippen molar-refractivity contribution in [3.63, 3.8) is 0 Å². The molecule has 0 bridgehead atoms. The Hall–Kier alpha value is -1.91. The van der Waals surface area contributed by atoms with E-state index in [0.717, 1.165) is 44.9 Å². The molecule has 10 atom stereocenters. The Kier molecular flexibility index (Phi) is 7.03. The van der Waals surface area contributed by atoms with Gasteiger partial charge in [0, 0.05) is 17.8 Å². The fraction of sp³-hybridized carbons (Fsp3) is 0.811. The minimum Gasteiger partial charge on any atom is -0.462 e. The molecule has 0 unspecified atom stereocenters. The quantitative estimate of drug-likeness (QED) is 0.267. The van der Waals surface area contributed by atoms with Crippen LogP contribution < -0.4 is 0 Å². The fourth-order valence-corrected chi connectivity index (χ4v) is 12.0. The van der Waals surface area contributed by atoms with Crippen molar-refractivity contribution in [3.8, 4) is 0 Å². The third kappa shape index (κ3) is 3.89. The van der Waals surface area contributed by atoms with E-state index in [1.165, 1.54) is 12.8 Å². The topological polar surface area (TPSA) is 61.2 Å². The van der Waals surface area contributed by atoms with Crippen LogP contribution in [0, 0.1) is 62.6 Å². The van der Waals surface area contributed by atoms with E-state index in [1.807, 2.05) is 20.0 Å². The average molecular weight is 577 g/mol. The zero-order chi connectivity index (χ0) is 30.5. The first-order valence-electron chi connectivity index (χ1n) is 17.1. The first-order chi connectivity index (χ1) is 19.6. The lowest BCUT2D eigenvalue weighted by Crippen LogP contribution is -2.65. The lowest BCUT2D eigenvalue weighted by atomic mass is 9.33. The number of imidazole rings is 1. The van der Waals surface area contributed by atoms with Crippen molar-refractivity contribution < 1.29 is 14.3 Å². The Bertz CT molecular complexity index is 1260. The number of carbonyl (C=O) groups excluding carboxylic acids is 2. The Labute approximate surface area is 254 Å². The fourth-order valence-electron chi connectivity index (χ4n) is 12.0. The molecule has 4 saturated carbocycles. The molecule has 42 heavy (non-hydrogen) atoms. The molecule has 1 heterocycles. The summed E-state index contributed by atoms with van der Waals surface area (Å²) >= 11 is 0. The molecule has 1 aromatic heterocycles. The summed E-state index contributed by atoms with van der Waals surface area (Å²) in [6.45, 7) is 21.3. The minimum atomic E-state index is -0.331. The highest BCUT2D eigenvalue weighted by atomic mass is 16.5. The SMILES string of the molecule is CC(C)C(=O)O[C@H]1CC[C@]2(C)[C@H]3CC=C4[C@@H]5[C@@H](C)[C@H](C)CC[C@]5(C(=O)n5ccnc5)CC[C@@]4(C)[C@]3(C)CC[C@H]2C1(C)C. The summed E-state index contributed by atoms with van der Waals surface area (Å²) in [7, 11) is 0. The second-order valence-electron chi connectivity index (χ2n) is 17.0. The molecule has 5 nitrogen and oxygen atoms in total. The molecule has 0 N–H and O–H groups in total. The molecule has 0 spiro atoms. The average Bonchev–Trinajstić information content (AvgIpc) is 3.47. The molecule has 6 rings (SSSR count). The van der Waals surface area contributed by atoms with Crippen LogP contribution in [0.3, 0.4) is 0 Å². The van der Waals surface area contributed by atoms with Gasteiger partial charge in [-0.3, -0.25) is 14.2 Å². The maximum atomic E-state index is 14.3. The van der Waals surface area contributed by atoms with Gasteiger partial charge in [0.2, 0.25) is 5.91 Å². The molecule has 1 aromatic rings. The molecule has 5 heteroatoms. The molecule has 4 fully saturated rings. The summed E-state index contributed by atoms with van der Waals surface area (Å²) in [6.07, 6.45) is 17.7. The maximum absolute atomic E-state index is 14.3. The number of hydrogen-bond donors (Lipinski definition) is 0. The van der Waals surface area contributed by atoms with E-state index in [-0.39, 0.29) is 51.0 Å². The second-order valence-corrected chi connectivity index (χ2v) is 17.0. The van der Waals surface area contributed by atoms with Gasteiger partial charge in [0.15, 0.2) is 0 Å². The van der Waals surface area contributed by atoms with Crippen molar-refractivity contribution >= 4 is 11.9 Å². The van der Waals surface area contributed by atoms with E-state index < -0.39 is 0 Å². The first kappa shape index (κ1) is 30.1. The Morgan fingerprint density at radius 3 is 2.36 bits per heavy atom. The third-order valence-electron chi connectivity index (χ3n) is 14.8. The second kappa shape index (κ2) is 9.80. The van der Waals surface area contributed by atoms with Crippen molar-refractivity contribution in [2.45, 2.75) is 126 Å². The van der Waals surface area contributed by atoms with Crippen molar-refractivity contribution in [1.82, 2.24) is 9.55 Å². The highest BCUT2D eigenvalue weighted by Crippen LogP contribution is 2.76. The molecule has 0 aromatic carbocycles. The standard InChI is InChI=1S/C37H56N2O3/c1-23(2)31(40)42-29-14-15-34(7)27(33(29,5)6)13-16-36(9)28(34)11-10-26-30-25(4)24(3)12-17-37(30,19-18-35(26,36)8)32(41)39-21-20-38-22-39/h10,20-25,27-30H,11-19H2,1-9H3/t24-,25+,27+,28-,29+,30+,34+,35-,36-,37+/m1/s1. The molecule has 0 aliphatic heterocycles. The van der Waals surface area contributed by atoms with Crippen LogP contribution in [0.4, 0.5) is 0 Å². The largest absolute Gasteiger partial charge is 0.462 e. The van der Waals surface area contributed by atoms with Gasteiger partial charge < -0.3 is 4.74 Å². The summed E-state index contributed by atoms with van der Waals surface area (Å²) < 4.78 is 7.97. The van der Waals surface area contributed by atoms with Gasteiger partial charge in [-0.1, -0.05) is 74.0 Å². The number of carbonyl (C=O) groups is 2. The number of rotatable bonds is 3. The number of nitrogens with zero attached hydrogens (tertiary/aromatic N) is 2.